The quantitative estimate of drug-likeness (QED) is 0.729. The maximum Gasteiger partial charge on any atom is 0.0543 e. The van der Waals surface area contributed by atoms with Gasteiger partial charge in [-0.25, -0.2) is 0 Å². The van der Waals surface area contributed by atoms with Gasteiger partial charge in [-0.15, -0.1) is 0 Å². The van der Waals surface area contributed by atoms with Crippen molar-refractivity contribution in [3.05, 3.63) is 0 Å². The Kier molecular flexibility index (Phi) is 2.63. The Morgan fingerprint density at radius 1 is 1.00 bits per heavy atom. The summed E-state index contributed by atoms with van der Waals surface area (Å²) in [6.45, 7) is 7.56. The normalized spacial score (nSPS) is 52.9. The molecule has 3 rings (SSSR count). The lowest BCUT2D eigenvalue weighted by molar-refractivity contribution is 0.0168. The Labute approximate surface area is 106 Å². The Hall–Kier alpha value is -0.0400. The van der Waals surface area contributed by atoms with Gasteiger partial charge in [-0.1, -0.05) is 27.2 Å². The van der Waals surface area contributed by atoms with E-state index < -0.39 is 0 Å². The second kappa shape index (κ2) is 3.73. The van der Waals surface area contributed by atoms with Gasteiger partial charge in [0.25, 0.3) is 0 Å². The summed E-state index contributed by atoms with van der Waals surface area (Å²) < 4.78 is 0. The molecule has 98 valence electrons. The summed E-state index contributed by atoms with van der Waals surface area (Å²) in [5.41, 5.74) is 1.10. The molecule has 3 aliphatic carbocycles. The number of fused-ring (bicyclic) bond motifs is 2. The van der Waals surface area contributed by atoms with E-state index in [9.17, 15) is 5.11 Å². The highest BCUT2D eigenvalue weighted by atomic mass is 16.3. The number of aliphatic hydroxyl groups excluding tert-OH is 1. The highest BCUT2D eigenvalue weighted by molar-refractivity contribution is 5.11. The minimum atomic E-state index is -0.000381. The van der Waals surface area contributed by atoms with E-state index in [-0.39, 0.29) is 6.10 Å². The second-order valence-corrected chi connectivity index (χ2v) is 7.80. The molecule has 3 aliphatic rings. The molecule has 0 aromatic rings. The number of aliphatic hydroxyl groups is 1. The Balaban J connectivity index is 1.82. The second-order valence-electron chi connectivity index (χ2n) is 7.80. The predicted molar refractivity (Wildman–Crippen MR) is 70.7 cm³/mol. The van der Waals surface area contributed by atoms with Crippen molar-refractivity contribution in [3.63, 3.8) is 0 Å². The van der Waals surface area contributed by atoms with Crippen LogP contribution in [0.2, 0.25) is 0 Å². The minimum Gasteiger partial charge on any atom is -0.393 e. The smallest absolute Gasteiger partial charge is 0.0543 e. The minimum absolute atomic E-state index is 0.000381. The van der Waals surface area contributed by atoms with E-state index in [1.54, 1.807) is 0 Å². The van der Waals surface area contributed by atoms with Gasteiger partial charge < -0.3 is 5.11 Å². The third-order valence-corrected chi connectivity index (χ3v) is 7.12. The molecule has 0 aromatic heterocycles. The van der Waals surface area contributed by atoms with Crippen molar-refractivity contribution >= 4 is 0 Å². The lowest BCUT2D eigenvalue weighted by Gasteiger charge is -2.44. The monoisotopic (exact) mass is 236 g/mol. The molecule has 0 amide bonds. The molecule has 1 heteroatoms. The molecule has 4 unspecified atom stereocenters. The fraction of sp³-hybridized carbons (Fsp3) is 1.00. The van der Waals surface area contributed by atoms with Crippen LogP contribution in [0.25, 0.3) is 0 Å². The molecular formula is C16H28O. The van der Waals surface area contributed by atoms with Crippen LogP contribution >= 0.6 is 0 Å². The van der Waals surface area contributed by atoms with Crippen LogP contribution in [0.3, 0.4) is 0 Å². The average Bonchev–Trinajstić information content (AvgIpc) is 2.61. The molecule has 1 N–H and O–H groups in total. The molecule has 0 heterocycles. The first-order valence-corrected chi connectivity index (χ1v) is 7.63. The van der Waals surface area contributed by atoms with Gasteiger partial charge in [0.15, 0.2) is 0 Å². The zero-order valence-corrected chi connectivity index (χ0v) is 11.7. The first-order chi connectivity index (χ1) is 7.95. The van der Waals surface area contributed by atoms with Crippen LogP contribution < -0.4 is 0 Å². The lowest BCUT2D eigenvalue weighted by atomic mass is 9.61. The molecule has 0 aromatic carbocycles. The zero-order chi connectivity index (χ0) is 12.3. The van der Waals surface area contributed by atoms with Crippen LogP contribution in [0.1, 0.15) is 65.7 Å². The van der Waals surface area contributed by atoms with Gasteiger partial charge >= 0.3 is 0 Å². The van der Waals surface area contributed by atoms with Gasteiger partial charge in [0.1, 0.15) is 0 Å². The molecule has 1 nitrogen and oxygen atoms in total. The summed E-state index contributed by atoms with van der Waals surface area (Å²) in [4.78, 5) is 0. The van der Waals surface area contributed by atoms with Crippen LogP contribution in [-0.4, -0.2) is 11.2 Å². The van der Waals surface area contributed by atoms with Gasteiger partial charge in [-0.2, -0.15) is 0 Å². The number of hydrogen-bond donors (Lipinski definition) is 1. The van der Waals surface area contributed by atoms with Gasteiger partial charge in [-0.3, -0.25) is 0 Å². The number of hydrogen-bond acceptors (Lipinski definition) is 1. The Bertz CT molecular complexity index is 309. The van der Waals surface area contributed by atoms with E-state index in [1.807, 2.05) is 0 Å². The van der Waals surface area contributed by atoms with E-state index >= 15 is 0 Å². The van der Waals surface area contributed by atoms with Gasteiger partial charge in [0, 0.05) is 0 Å². The molecule has 0 saturated heterocycles. The Morgan fingerprint density at radius 3 is 2.29 bits per heavy atom. The predicted octanol–water partition coefficient (Wildman–Crippen LogP) is 4.00. The first kappa shape index (κ1) is 12.0. The maximum atomic E-state index is 9.92. The van der Waals surface area contributed by atoms with Crippen molar-refractivity contribution in [2.75, 3.05) is 0 Å². The molecule has 3 saturated carbocycles. The topological polar surface area (TPSA) is 20.2 Å². The third-order valence-electron chi connectivity index (χ3n) is 7.12. The molecule has 2 bridgehead atoms. The summed E-state index contributed by atoms with van der Waals surface area (Å²) in [5.74, 6) is 2.66. The maximum absolute atomic E-state index is 9.92. The summed E-state index contributed by atoms with van der Waals surface area (Å²) in [7, 11) is 0. The van der Waals surface area contributed by atoms with Crippen molar-refractivity contribution in [2.45, 2.75) is 71.8 Å². The van der Waals surface area contributed by atoms with E-state index in [1.165, 1.54) is 32.1 Å². The highest BCUT2D eigenvalue weighted by Crippen LogP contribution is 2.70. The van der Waals surface area contributed by atoms with Crippen molar-refractivity contribution in [1.29, 1.82) is 0 Å². The average molecular weight is 236 g/mol. The van der Waals surface area contributed by atoms with Crippen LogP contribution in [0, 0.1) is 28.6 Å². The van der Waals surface area contributed by atoms with E-state index in [2.05, 4.69) is 20.8 Å². The molecule has 17 heavy (non-hydrogen) atoms. The van der Waals surface area contributed by atoms with Gasteiger partial charge in [0.2, 0.25) is 0 Å². The van der Waals surface area contributed by atoms with Crippen LogP contribution in [0.15, 0.2) is 0 Å². The van der Waals surface area contributed by atoms with Crippen molar-refractivity contribution in [1.82, 2.24) is 0 Å². The molecule has 0 aliphatic heterocycles. The van der Waals surface area contributed by atoms with Crippen LogP contribution in [0.5, 0.6) is 0 Å². The van der Waals surface area contributed by atoms with Crippen LogP contribution in [-0.2, 0) is 0 Å². The standard InChI is InChI=1S/C16H28O/c1-15(2)12-7-8-16(15,3)14(10-12)11-5-4-6-13(17)9-11/h11-14,17H,4-10H2,1-3H3/t11?,12?,13?,14?,16-/m1/s1. The molecule has 5 atom stereocenters. The van der Waals surface area contributed by atoms with Gasteiger partial charge in [-0.05, 0) is 67.1 Å². The molecule has 3 fully saturated rings. The Morgan fingerprint density at radius 2 is 1.76 bits per heavy atom. The summed E-state index contributed by atoms with van der Waals surface area (Å²) in [5, 5.41) is 9.92. The molecular weight excluding hydrogens is 208 g/mol. The zero-order valence-electron chi connectivity index (χ0n) is 11.7. The summed E-state index contributed by atoms with van der Waals surface area (Å²) in [6, 6.07) is 0. The fourth-order valence-electron chi connectivity index (χ4n) is 5.54. The first-order valence-electron chi connectivity index (χ1n) is 7.63. The fourth-order valence-corrected chi connectivity index (χ4v) is 5.54. The molecule has 0 spiro atoms. The van der Waals surface area contributed by atoms with Crippen molar-refractivity contribution in [3.8, 4) is 0 Å². The summed E-state index contributed by atoms with van der Waals surface area (Å²) >= 11 is 0. The van der Waals surface area contributed by atoms with Crippen LogP contribution in [0.4, 0.5) is 0 Å². The van der Waals surface area contributed by atoms with Gasteiger partial charge in [0.05, 0.1) is 6.10 Å². The van der Waals surface area contributed by atoms with Crippen molar-refractivity contribution in [2.24, 2.45) is 28.6 Å². The highest BCUT2D eigenvalue weighted by Gasteiger charge is 2.62. The SMILES string of the molecule is CC1(C)C2CC[C@]1(C)C(C1CCCC(O)C1)C2. The summed E-state index contributed by atoms with van der Waals surface area (Å²) in [6.07, 6.45) is 9.09. The lowest BCUT2D eigenvalue weighted by Crippen LogP contribution is -2.38. The van der Waals surface area contributed by atoms with E-state index in [0.29, 0.717) is 10.8 Å². The van der Waals surface area contributed by atoms with E-state index in [4.69, 9.17) is 0 Å². The van der Waals surface area contributed by atoms with E-state index in [0.717, 1.165) is 30.6 Å². The third kappa shape index (κ3) is 1.54. The number of rotatable bonds is 1. The van der Waals surface area contributed by atoms with Crippen molar-refractivity contribution < 1.29 is 5.11 Å². The largest absolute Gasteiger partial charge is 0.393 e. The molecule has 0 radical (unpaired) electrons.